The number of aliphatic hydroxyl groups excluding tert-OH is 2. The molecule has 7 heteroatoms. The van der Waals surface area contributed by atoms with Crippen LogP contribution < -0.4 is 4.90 Å². The van der Waals surface area contributed by atoms with E-state index in [2.05, 4.69) is 9.97 Å². The molecule has 0 unspecified atom stereocenters. The Bertz CT molecular complexity index is 786. The maximum Gasteiger partial charge on any atom is 0.141 e. The van der Waals surface area contributed by atoms with Crippen molar-refractivity contribution in [3.8, 4) is 11.1 Å². The highest BCUT2D eigenvalue weighted by Gasteiger charge is 2.17. The van der Waals surface area contributed by atoms with E-state index in [4.69, 9.17) is 0 Å². The van der Waals surface area contributed by atoms with Crippen LogP contribution in [0.5, 0.6) is 0 Å². The van der Waals surface area contributed by atoms with E-state index in [0.29, 0.717) is 18.9 Å². The fourth-order valence-electron chi connectivity index (χ4n) is 2.51. The molecule has 0 bridgehead atoms. The van der Waals surface area contributed by atoms with Crippen molar-refractivity contribution in [2.45, 2.75) is 0 Å². The van der Waals surface area contributed by atoms with Crippen LogP contribution in [0.2, 0.25) is 0 Å². The van der Waals surface area contributed by atoms with Gasteiger partial charge in [0.25, 0.3) is 0 Å². The molecule has 0 fully saturated rings. The van der Waals surface area contributed by atoms with Crippen LogP contribution in [0.3, 0.4) is 0 Å². The number of thiophene rings is 1. The Morgan fingerprint density at radius 3 is 2.39 bits per heavy atom. The largest absolute Gasteiger partial charge is 0.395 e. The van der Waals surface area contributed by atoms with Gasteiger partial charge in [-0.3, -0.25) is 0 Å². The zero-order valence-electron chi connectivity index (χ0n) is 12.3. The van der Waals surface area contributed by atoms with E-state index < -0.39 is 0 Å². The van der Waals surface area contributed by atoms with Gasteiger partial charge in [0.15, 0.2) is 0 Å². The van der Waals surface area contributed by atoms with E-state index in [1.54, 1.807) is 12.1 Å². The van der Waals surface area contributed by atoms with Crippen molar-refractivity contribution >= 4 is 27.4 Å². The molecule has 0 saturated heterocycles. The summed E-state index contributed by atoms with van der Waals surface area (Å²) in [5.41, 5.74) is 1.79. The maximum absolute atomic E-state index is 13.2. The fourth-order valence-corrected chi connectivity index (χ4v) is 3.42. The lowest BCUT2D eigenvalue weighted by Gasteiger charge is -2.22. The molecule has 3 aromatic rings. The van der Waals surface area contributed by atoms with Gasteiger partial charge in [-0.25, -0.2) is 14.4 Å². The Morgan fingerprint density at radius 1 is 1.04 bits per heavy atom. The van der Waals surface area contributed by atoms with Crippen LogP contribution in [0.4, 0.5) is 10.2 Å². The first-order chi connectivity index (χ1) is 11.2. The molecule has 0 amide bonds. The smallest absolute Gasteiger partial charge is 0.141 e. The van der Waals surface area contributed by atoms with Crippen LogP contribution in [-0.2, 0) is 0 Å². The summed E-state index contributed by atoms with van der Waals surface area (Å²) >= 11 is 1.48. The third kappa shape index (κ3) is 3.17. The molecule has 0 aliphatic heterocycles. The second-order valence-electron chi connectivity index (χ2n) is 4.97. The van der Waals surface area contributed by atoms with Gasteiger partial charge >= 0.3 is 0 Å². The SMILES string of the molecule is OCCN(CCO)c1ncnc2scc(-c3ccc(F)cc3)c12. The minimum Gasteiger partial charge on any atom is -0.395 e. The zero-order chi connectivity index (χ0) is 16.2. The number of fused-ring (bicyclic) bond motifs is 1. The van der Waals surface area contributed by atoms with Crippen LogP contribution in [0, 0.1) is 5.82 Å². The van der Waals surface area contributed by atoms with Crippen molar-refractivity contribution in [1.82, 2.24) is 9.97 Å². The molecule has 0 saturated carbocycles. The number of aliphatic hydroxyl groups is 2. The van der Waals surface area contributed by atoms with Crippen LogP contribution in [-0.4, -0.2) is 46.5 Å². The average Bonchev–Trinajstić information content (AvgIpc) is 2.99. The second kappa shape index (κ2) is 6.99. The van der Waals surface area contributed by atoms with Crippen LogP contribution in [0.1, 0.15) is 0 Å². The van der Waals surface area contributed by atoms with E-state index in [1.807, 2.05) is 10.3 Å². The molecule has 1 aromatic carbocycles. The number of anilines is 1. The number of hydrogen-bond donors (Lipinski definition) is 2. The third-order valence-corrected chi connectivity index (χ3v) is 4.43. The first-order valence-corrected chi connectivity index (χ1v) is 8.07. The summed E-state index contributed by atoms with van der Waals surface area (Å²) < 4.78 is 13.2. The van der Waals surface area contributed by atoms with E-state index >= 15 is 0 Å². The Labute approximate surface area is 136 Å². The minimum absolute atomic E-state index is 0.0402. The molecule has 5 nitrogen and oxygen atoms in total. The monoisotopic (exact) mass is 333 g/mol. The third-order valence-electron chi connectivity index (χ3n) is 3.54. The van der Waals surface area contributed by atoms with Crippen LogP contribution >= 0.6 is 11.3 Å². The number of halogens is 1. The highest BCUT2D eigenvalue weighted by Crippen LogP contribution is 2.37. The van der Waals surface area contributed by atoms with Crippen molar-refractivity contribution in [3.05, 3.63) is 41.8 Å². The standard InChI is InChI=1S/C16H16FN3O2S/c17-12-3-1-11(2-4-12)13-9-23-16-14(13)15(18-10-19-16)20(5-7-21)6-8-22/h1-4,9-10,21-22H,5-8H2. The normalized spacial score (nSPS) is 11.1. The fraction of sp³-hybridized carbons (Fsp3) is 0.250. The summed E-state index contributed by atoms with van der Waals surface area (Å²) in [6, 6.07) is 6.27. The van der Waals surface area contributed by atoms with Gasteiger partial charge in [0.2, 0.25) is 0 Å². The summed E-state index contributed by atoms with van der Waals surface area (Å²) in [5, 5.41) is 21.3. The van der Waals surface area contributed by atoms with Crippen molar-refractivity contribution in [2.24, 2.45) is 0 Å². The molecule has 2 heterocycles. The molecule has 0 radical (unpaired) electrons. The van der Waals surface area contributed by atoms with E-state index in [-0.39, 0.29) is 19.0 Å². The van der Waals surface area contributed by atoms with Gasteiger partial charge in [0.1, 0.15) is 22.8 Å². The van der Waals surface area contributed by atoms with E-state index in [0.717, 1.165) is 21.3 Å². The molecular weight excluding hydrogens is 317 g/mol. The lowest BCUT2D eigenvalue weighted by molar-refractivity contribution is 0.281. The molecule has 0 atom stereocenters. The number of rotatable bonds is 6. The predicted octanol–water partition coefficient (Wildman–Crippen LogP) is 2.29. The maximum atomic E-state index is 13.2. The average molecular weight is 333 g/mol. The summed E-state index contributed by atoms with van der Waals surface area (Å²) in [6.07, 6.45) is 1.48. The molecule has 3 rings (SSSR count). The Balaban J connectivity index is 2.15. The highest BCUT2D eigenvalue weighted by atomic mass is 32.1. The quantitative estimate of drug-likeness (QED) is 0.724. The lowest BCUT2D eigenvalue weighted by atomic mass is 10.1. The van der Waals surface area contributed by atoms with Gasteiger partial charge in [-0.1, -0.05) is 12.1 Å². The molecule has 0 aliphatic rings. The van der Waals surface area contributed by atoms with Gasteiger partial charge in [-0.15, -0.1) is 11.3 Å². The van der Waals surface area contributed by atoms with Gasteiger partial charge in [0, 0.05) is 24.0 Å². The van der Waals surface area contributed by atoms with E-state index in [9.17, 15) is 14.6 Å². The van der Waals surface area contributed by atoms with E-state index in [1.165, 1.54) is 29.8 Å². The van der Waals surface area contributed by atoms with Crippen molar-refractivity contribution in [1.29, 1.82) is 0 Å². The lowest BCUT2D eigenvalue weighted by Crippen LogP contribution is -2.30. The van der Waals surface area contributed by atoms with Gasteiger partial charge in [0.05, 0.1) is 18.6 Å². The van der Waals surface area contributed by atoms with Gasteiger partial charge in [-0.05, 0) is 17.7 Å². The highest BCUT2D eigenvalue weighted by molar-refractivity contribution is 7.17. The Hall–Kier alpha value is -2.09. The zero-order valence-corrected chi connectivity index (χ0v) is 13.1. The van der Waals surface area contributed by atoms with Gasteiger partial charge in [-0.2, -0.15) is 0 Å². The predicted molar refractivity (Wildman–Crippen MR) is 89.2 cm³/mol. The molecule has 23 heavy (non-hydrogen) atoms. The topological polar surface area (TPSA) is 69.5 Å². The van der Waals surface area contributed by atoms with Crippen molar-refractivity contribution in [2.75, 3.05) is 31.2 Å². The molecule has 0 spiro atoms. The first-order valence-electron chi connectivity index (χ1n) is 7.19. The van der Waals surface area contributed by atoms with Crippen molar-refractivity contribution in [3.63, 3.8) is 0 Å². The number of hydrogen-bond acceptors (Lipinski definition) is 6. The summed E-state index contributed by atoms with van der Waals surface area (Å²) in [5.74, 6) is 0.380. The Morgan fingerprint density at radius 2 is 1.74 bits per heavy atom. The summed E-state index contributed by atoms with van der Waals surface area (Å²) in [7, 11) is 0. The molecule has 120 valence electrons. The number of nitrogens with zero attached hydrogens (tertiary/aromatic N) is 3. The van der Waals surface area contributed by atoms with Crippen molar-refractivity contribution < 1.29 is 14.6 Å². The van der Waals surface area contributed by atoms with Gasteiger partial charge < -0.3 is 15.1 Å². The first kappa shape index (κ1) is 15.8. The summed E-state index contributed by atoms with van der Waals surface area (Å²) in [4.78, 5) is 11.3. The molecule has 2 N–H and O–H groups in total. The van der Waals surface area contributed by atoms with Crippen LogP contribution in [0.15, 0.2) is 36.0 Å². The number of aromatic nitrogens is 2. The minimum atomic E-state index is -0.285. The molecule has 2 aromatic heterocycles. The number of benzene rings is 1. The summed E-state index contributed by atoms with van der Waals surface area (Å²) in [6.45, 7) is 0.653. The van der Waals surface area contributed by atoms with Crippen LogP contribution in [0.25, 0.3) is 21.3 Å². The Kier molecular flexibility index (Phi) is 4.80. The molecule has 0 aliphatic carbocycles. The second-order valence-corrected chi connectivity index (χ2v) is 5.83. The molecular formula is C16H16FN3O2S.